The quantitative estimate of drug-likeness (QED) is 0.698. The van der Waals surface area contributed by atoms with Gasteiger partial charge in [0, 0.05) is 48.9 Å². The number of aromatic nitrogens is 3. The van der Waals surface area contributed by atoms with E-state index in [4.69, 9.17) is 0 Å². The van der Waals surface area contributed by atoms with Crippen molar-refractivity contribution in [2.45, 2.75) is 25.2 Å². The Hall–Kier alpha value is -3.15. The Morgan fingerprint density at radius 3 is 2.68 bits per heavy atom. The van der Waals surface area contributed by atoms with Crippen molar-refractivity contribution < 1.29 is 9.18 Å². The number of rotatable bonds is 4. The lowest BCUT2D eigenvalue weighted by molar-refractivity contribution is -0.131. The van der Waals surface area contributed by atoms with Gasteiger partial charge in [0.05, 0.1) is 17.8 Å². The number of piperidine rings is 1. The normalized spacial score (nSPS) is 16.8. The molecule has 142 valence electrons. The van der Waals surface area contributed by atoms with Gasteiger partial charge in [-0.3, -0.25) is 19.7 Å². The second-order valence-corrected chi connectivity index (χ2v) is 6.95. The van der Waals surface area contributed by atoms with Crippen LogP contribution in [0.5, 0.6) is 0 Å². The number of carbonyl (C=O) groups excluding carboxylic acids is 1. The second-order valence-electron chi connectivity index (χ2n) is 6.95. The molecule has 5 nitrogen and oxygen atoms in total. The van der Waals surface area contributed by atoms with Gasteiger partial charge in [-0.2, -0.15) is 0 Å². The van der Waals surface area contributed by atoms with Gasteiger partial charge in [0.15, 0.2) is 0 Å². The fourth-order valence-electron chi connectivity index (χ4n) is 3.70. The van der Waals surface area contributed by atoms with Crippen LogP contribution < -0.4 is 0 Å². The molecule has 0 aliphatic carbocycles. The van der Waals surface area contributed by atoms with E-state index in [2.05, 4.69) is 15.0 Å². The van der Waals surface area contributed by atoms with Gasteiger partial charge in [0.1, 0.15) is 5.82 Å². The first-order valence-electron chi connectivity index (χ1n) is 9.46. The molecule has 28 heavy (non-hydrogen) atoms. The van der Waals surface area contributed by atoms with Crippen LogP contribution in [0.4, 0.5) is 4.39 Å². The molecule has 1 saturated heterocycles. The molecule has 0 saturated carbocycles. The molecule has 0 radical (unpaired) electrons. The summed E-state index contributed by atoms with van der Waals surface area (Å²) in [5, 5.41) is 0. The van der Waals surface area contributed by atoms with E-state index in [0.717, 1.165) is 30.8 Å². The Bertz CT molecular complexity index is 964. The molecule has 0 bridgehead atoms. The maximum Gasteiger partial charge on any atom is 0.228 e. The van der Waals surface area contributed by atoms with Crippen molar-refractivity contribution in [3.05, 3.63) is 78.3 Å². The highest BCUT2D eigenvalue weighted by atomic mass is 19.1. The Morgan fingerprint density at radius 1 is 1.04 bits per heavy atom. The zero-order valence-electron chi connectivity index (χ0n) is 15.5. The Labute approximate surface area is 163 Å². The van der Waals surface area contributed by atoms with Crippen molar-refractivity contribution >= 4 is 5.91 Å². The van der Waals surface area contributed by atoms with Crippen LogP contribution in [0.3, 0.4) is 0 Å². The molecule has 0 spiro atoms. The number of halogens is 1. The summed E-state index contributed by atoms with van der Waals surface area (Å²) in [6.07, 6.45) is 6.97. The molecule has 1 amide bonds. The fourth-order valence-corrected chi connectivity index (χ4v) is 3.70. The summed E-state index contributed by atoms with van der Waals surface area (Å²) in [6.45, 7) is 1.28. The second kappa shape index (κ2) is 8.25. The molecule has 0 unspecified atom stereocenters. The molecule has 1 aliphatic rings. The third-order valence-electron chi connectivity index (χ3n) is 5.07. The number of pyridine rings is 1. The van der Waals surface area contributed by atoms with Crippen molar-refractivity contribution in [2.75, 3.05) is 13.1 Å². The highest BCUT2D eigenvalue weighted by Gasteiger charge is 2.28. The van der Waals surface area contributed by atoms with Crippen LogP contribution in [-0.2, 0) is 11.2 Å². The summed E-state index contributed by atoms with van der Waals surface area (Å²) >= 11 is 0. The average molecular weight is 376 g/mol. The van der Waals surface area contributed by atoms with Crippen LogP contribution in [0.1, 0.15) is 30.1 Å². The van der Waals surface area contributed by atoms with Gasteiger partial charge in [0.25, 0.3) is 0 Å². The minimum absolute atomic E-state index is 0.0322. The van der Waals surface area contributed by atoms with Crippen molar-refractivity contribution in [3.63, 3.8) is 0 Å². The molecule has 2 aromatic heterocycles. The molecule has 1 fully saturated rings. The summed E-state index contributed by atoms with van der Waals surface area (Å²) in [4.78, 5) is 27.8. The van der Waals surface area contributed by atoms with Crippen LogP contribution in [0.25, 0.3) is 11.3 Å². The lowest BCUT2D eigenvalue weighted by atomic mass is 9.91. The zero-order valence-corrected chi connectivity index (χ0v) is 15.5. The predicted molar refractivity (Wildman–Crippen MR) is 104 cm³/mol. The number of benzene rings is 1. The van der Waals surface area contributed by atoms with Crippen molar-refractivity contribution in [1.82, 2.24) is 19.9 Å². The van der Waals surface area contributed by atoms with Crippen molar-refractivity contribution in [2.24, 2.45) is 0 Å². The third kappa shape index (κ3) is 3.91. The maximum atomic E-state index is 14.3. The van der Waals surface area contributed by atoms with E-state index in [1.165, 1.54) is 6.07 Å². The Kier molecular flexibility index (Phi) is 5.37. The zero-order chi connectivity index (χ0) is 19.3. The molecular weight excluding hydrogens is 355 g/mol. The monoisotopic (exact) mass is 376 g/mol. The van der Waals surface area contributed by atoms with E-state index < -0.39 is 0 Å². The highest BCUT2D eigenvalue weighted by Crippen LogP contribution is 2.32. The topological polar surface area (TPSA) is 59.0 Å². The minimum atomic E-state index is -0.317. The summed E-state index contributed by atoms with van der Waals surface area (Å²) in [5.41, 5.74) is 2.52. The SMILES string of the molecule is O=C(Cc1ccccn1)N1CCC[C@H](c2nccnc2-c2ccccc2F)C1. The van der Waals surface area contributed by atoms with Gasteiger partial charge in [-0.1, -0.05) is 18.2 Å². The lowest BCUT2D eigenvalue weighted by Crippen LogP contribution is -2.40. The summed E-state index contributed by atoms with van der Waals surface area (Å²) in [7, 11) is 0. The molecule has 6 heteroatoms. The first kappa shape index (κ1) is 18.2. The third-order valence-corrected chi connectivity index (χ3v) is 5.07. The Balaban J connectivity index is 1.56. The summed E-state index contributed by atoms with van der Waals surface area (Å²) in [6, 6.07) is 12.2. The number of nitrogens with zero attached hydrogens (tertiary/aromatic N) is 4. The number of carbonyl (C=O) groups is 1. The van der Waals surface area contributed by atoms with Crippen molar-refractivity contribution in [3.8, 4) is 11.3 Å². The van der Waals surface area contributed by atoms with Gasteiger partial charge >= 0.3 is 0 Å². The molecule has 0 N–H and O–H groups in total. The largest absolute Gasteiger partial charge is 0.342 e. The first-order valence-corrected chi connectivity index (χ1v) is 9.46. The molecule has 4 rings (SSSR count). The van der Waals surface area contributed by atoms with Gasteiger partial charge in [-0.05, 0) is 37.1 Å². The van der Waals surface area contributed by atoms with E-state index in [9.17, 15) is 9.18 Å². The molecule has 3 aromatic rings. The summed E-state index contributed by atoms with van der Waals surface area (Å²) in [5.74, 6) is -0.229. The number of hydrogen-bond acceptors (Lipinski definition) is 4. The van der Waals surface area contributed by atoms with E-state index in [1.54, 1.807) is 36.8 Å². The highest BCUT2D eigenvalue weighted by molar-refractivity contribution is 5.78. The summed E-state index contributed by atoms with van der Waals surface area (Å²) < 4.78 is 14.3. The molecule has 1 aromatic carbocycles. The Morgan fingerprint density at radius 2 is 1.86 bits per heavy atom. The van der Waals surface area contributed by atoms with Crippen LogP contribution >= 0.6 is 0 Å². The maximum absolute atomic E-state index is 14.3. The van der Waals surface area contributed by atoms with E-state index >= 15 is 0 Å². The van der Waals surface area contributed by atoms with Gasteiger partial charge in [-0.25, -0.2) is 4.39 Å². The number of hydrogen-bond donors (Lipinski definition) is 0. The van der Waals surface area contributed by atoms with E-state index in [0.29, 0.717) is 17.8 Å². The van der Waals surface area contributed by atoms with E-state index in [1.807, 2.05) is 23.1 Å². The van der Waals surface area contributed by atoms with Crippen LogP contribution in [-0.4, -0.2) is 38.8 Å². The minimum Gasteiger partial charge on any atom is -0.342 e. The number of amides is 1. The average Bonchev–Trinajstić information content (AvgIpc) is 2.75. The van der Waals surface area contributed by atoms with Crippen molar-refractivity contribution in [1.29, 1.82) is 0 Å². The van der Waals surface area contributed by atoms with Crippen LogP contribution in [0.2, 0.25) is 0 Å². The lowest BCUT2D eigenvalue weighted by Gasteiger charge is -2.33. The van der Waals surface area contributed by atoms with Crippen LogP contribution in [0.15, 0.2) is 61.1 Å². The molecule has 1 aliphatic heterocycles. The molecular formula is C22H21FN4O. The van der Waals surface area contributed by atoms with Gasteiger partial charge < -0.3 is 4.90 Å². The predicted octanol–water partition coefficient (Wildman–Crippen LogP) is 3.63. The molecule has 3 heterocycles. The van der Waals surface area contributed by atoms with Crippen LogP contribution in [0, 0.1) is 5.82 Å². The van der Waals surface area contributed by atoms with Gasteiger partial charge in [-0.15, -0.1) is 0 Å². The molecule has 1 atom stereocenters. The van der Waals surface area contributed by atoms with E-state index in [-0.39, 0.29) is 24.1 Å². The standard InChI is InChI=1S/C22H21FN4O/c23-19-9-2-1-8-18(19)22-21(25-11-12-26-22)16-6-5-13-27(15-16)20(28)14-17-7-3-4-10-24-17/h1-4,7-12,16H,5-6,13-15H2/t16-/m0/s1. The van der Waals surface area contributed by atoms with Gasteiger partial charge in [0.2, 0.25) is 5.91 Å². The smallest absolute Gasteiger partial charge is 0.228 e. The fraction of sp³-hybridized carbons (Fsp3) is 0.273. The first-order chi connectivity index (χ1) is 13.7. The number of likely N-dealkylation sites (tertiary alicyclic amines) is 1.